The summed E-state index contributed by atoms with van der Waals surface area (Å²) in [5.41, 5.74) is 0.484. The molecule has 0 fully saturated rings. The van der Waals surface area contributed by atoms with Gasteiger partial charge in [0.1, 0.15) is 6.63 Å². The second kappa shape index (κ2) is 5.55. The summed E-state index contributed by atoms with van der Waals surface area (Å²) < 4.78 is 4.84. The van der Waals surface area contributed by atoms with Gasteiger partial charge in [-0.3, -0.25) is 0 Å². The van der Waals surface area contributed by atoms with Gasteiger partial charge in [0.2, 0.25) is 0 Å². The van der Waals surface area contributed by atoms with E-state index in [0.717, 1.165) is 5.30 Å². The van der Waals surface area contributed by atoms with Crippen molar-refractivity contribution in [1.82, 2.24) is 0 Å². The average molecular weight is 251 g/mol. The van der Waals surface area contributed by atoms with Crippen molar-refractivity contribution in [2.75, 3.05) is 6.61 Å². The van der Waals surface area contributed by atoms with Crippen LogP contribution in [-0.4, -0.2) is 12.6 Å². The monoisotopic (exact) mass is 250 g/mol. The molecule has 0 aliphatic heterocycles. The summed E-state index contributed by atoms with van der Waals surface area (Å²) in [4.78, 5) is 11.3. The van der Waals surface area contributed by atoms with E-state index in [0.29, 0.717) is 12.2 Å². The Hall–Kier alpha value is -0.300. The molecular weight excluding hydrogens is 242 g/mol. The number of halogens is 2. The number of benzene rings is 1. The van der Waals surface area contributed by atoms with Crippen molar-refractivity contribution in [3.05, 3.63) is 29.8 Å². The molecule has 76 valence electrons. The Morgan fingerprint density at radius 1 is 1.50 bits per heavy atom. The van der Waals surface area contributed by atoms with Gasteiger partial charge in [0.25, 0.3) is 0 Å². The molecule has 1 aromatic rings. The predicted molar refractivity (Wildman–Crippen MR) is 60.7 cm³/mol. The molecule has 0 radical (unpaired) electrons. The summed E-state index contributed by atoms with van der Waals surface area (Å²) in [6, 6.07) is 6.86. The van der Waals surface area contributed by atoms with Gasteiger partial charge in [-0.25, -0.2) is 4.79 Å². The Kier molecular flexibility index (Phi) is 4.67. The first-order chi connectivity index (χ1) is 6.65. The van der Waals surface area contributed by atoms with Crippen LogP contribution in [0.2, 0.25) is 0 Å². The highest BCUT2D eigenvalue weighted by molar-refractivity contribution is 8.08. The van der Waals surface area contributed by atoms with Crippen molar-refractivity contribution >= 4 is 40.4 Å². The number of ether oxygens (including phenoxy) is 1. The van der Waals surface area contributed by atoms with E-state index in [9.17, 15) is 4.79 Å². The van der Waals surface area contributed by atoms with Gasteiger partial charge in [0, 0.05) is 5.30 Å². The van der Waals surface area contributed by atoms with E-state index in [-0.39, 0.29) is 5.97 Å². The average Bonchev–Trinajstić information content (AvgIpc) is 2.18. The summed E-state index contributed by atoms with van der Waals surface area (Å²) in [7, 11) is 0. The topological polar surface area (TPSA) is 26.3 Å². The molecule has 0 atom stereocenters. The normalized spacial score (nSPS) is 10.3. The summed E-state index contributed by atoms with van der Waals surface area (Å²) in [6.45, 7) is 0.913. The molecule has 0 aromatic heterocycles. The zero-order valence-electron chi connectivity index (χ0n) is 7.54. The third kappa shape index (κ3) is 3.13. The van der Waals surface area contributed by atoms with E-state index in [1.165, 1.54) is 0 Å². The second-order valence-corrected chi connectivity index (χ2v) is 6.03. The number of hydrogen-bond donors (Lipinski definition) is 0. The van der Waals surface area contributed by atoms with Gasteiger partial charge >= 0.3 is 5.97 Å². The number of rotatable bonds is 3. The van der Waals surface area contributed by atoms with Crippen LogP contribution in [0.5, 0.6) is 0 Å². The fourth-order valence-corrected chi connectivity index (χ4v) is 2.02. The lowest BCUT2D eigenvalue weighted by Crippen LogP contribution is -2.07. The minimum atomic E-state index is -1.21. The van der Waals surface area contributed by atoms with Gasteiger partial charge < -0.3 is 4.74 Å². The molecule has 0 saturated heterocycles. The number of carbonyl (C=O) groups excluding carboxylic acids is 1. The van der Waals surface area contributed by atoms with Crippen LogP contribution in [0.3, 0.4) is 0 Å². The van der Waals surface area contributed by atoms with Crippen LogP contribution in [0, 0.1) is 0 Å². The van der Waals surface area contributed by atoms with Crippen LogP contribution in [0.1, 0.15) is 17.3 Å². The molecule has 0 unspecified atom stereocenters. The van der Waals surface area contributed by atoms with Gasteiger partial charge in [-0.1, -0.05) is 34.6 Å². The van der Waals surface area contributed by atoms with Crippen molar-refractivity contribution in [2.24, 2.45) is 0 Å². The van der Waals surface area contributed by atoms with E-state index in [1.807, 2.05) is 0 Å². The molecule has 1 rings (SSSR count). The molecule has 5 heteroatoms. The summed E-state index contributed by atoms with van der Waals surface area (Å²) in [6.07, 6.45) is 0. The zero-order valence-corrected chi connectivity index (χ0v) is 9.94. The van der Waals surface area contributed by atoms with Crippen molar-refractivity contribution in [3.8, 4) is 0 Å². The summed E-state index contributed by atoms with van der Waals surface area (Å²) in [5, 5.41) is 0.758. The van der Waals surface area contributed by atoms with E-state index >= 15 is 0 Å². The second-order valence-electron chi connectivity index (χ2n) is 2.50. The molecular formula is C9H9Cl2O2P. The summed E-state index contributed by atoms with van der Waals surface area (Å²) in [5.74, 6) is -0.348. The number of carbonyl (C=O) groups is 1. The predicted octanol–water partition coefficient (Wildman–Crippen LogP) is 3.28. The Balaban J connectivity index is 2.88. The van der Waals surface area contributed by atoms with Gasteiger partial charge in [0.05, 0.1) is 12.2 Å². The largest absolute Gasteiger partial charge is 0.462 e. The molecule has 0 spiro atoms. The van der Waals surface area contributed by atoms with E-state index in [2.05, 4.69) is 0 Å². The summed E-state index contributed by atoms with van der Waals surface area (Å²) >= 11 is 11.5. The first kappa shape index (κ1) is 11.8. The maximum Gasteiger partial charge on any atom is 0.338 e. The third-order valence-corrected chi connectivity index (χ3v) is 3.39. The molecule has 0 amide bonds. The van der Waals surface area contributed by atoms with Crippen LogP contribution < -0.4 is 5.30 Å². The van der Waals surface area contributed by atoms with Gasteiger partial charge in [0.15, 0.2) is 0 Å². The zero-order chi connectivity index (χ0) is 10.6. The maximum absolute atomic E-state index is 11.3. The van der Waals surface area contributed by atoms with Crippen molar-refractivity contribution in [3.63, 3.8) is 0 Å². The van der Waals surface area contributed by atoms with E-state index in [1.54, 1.807) is 31.2 Å². The Bertz CT molecular complexity index is 328. The van der Waals surface area contributed by atoms with Crippen LogP contribution >= 0.6 is 29.1 Å². The highest BCUT2D eigenvalue weighted by Gasteiger charge is 2.09. The molecule has 1 aromatic carbocycles. The van der Waals surface area contributed by atoms with E-state index < -0.39 is 6.63 Å². The van der Waals surface area contributed by atoms with Crippen LogP contribution in [-0.2, 0) is 4.74 Å². The number of hydrogen-bond acceptors (Lipinski definition) is 2. The molecule has 0 aliphatic carbocycles. The molecule has 2 nitrogen and oxygen atoms in total. The lowest BCUT2D eigenvalue weighted by Gasteiger charge is -2.04. The molecule has 14 heavy (non-hydrogen) atoms. The molecule has 0 saturated carbocycles. The minimum absolute atomic E-state index is 0.348. The van der Waals surface area contributed by atoms with Gasteiger partial charge in [-0.15, -0.1) is 0 Å². The third-order valence-electron chi connectivity index (χ3n) is 1.55. The fraction of sp³-hybridized carbons (Fsp3) is 0.222. The fourth-order valence-electron chi connectivity index (χ4n) is 0.952. The van der Waals surface area contributed by atoms with Gasteiger partial charge in [-0.2, -0.15) is 0 Å². The lowest BCUT2D eigenvalue weighted by molar-refractivity contribution is 0.0526. The Morgan fingerprint density at radius 2 is 2.21 bits per heavy atom. The quantitative estimate of drug-likeness (QED) is 0.608. The minimum Gasteiger partial charge on any atom is -0.462 e. The smallest absolute Gasteiger partial charge is 0.338 e. The maximum atomic E-state index is 11.3. The first-order valence-electron chi connectivity index (χ1n) is 4.04. The highest BCUT2D eigenvalue weighted by atomic mass is 35.9. The Labute approximate surface area is 93.5 Å². The SMILES string of the molecule is CCOC(=O)c1cccc(P(Cl)Cl)c1. The van der Waals surface area contributed by atoms with Crippen LogP contribution in [0.4, 0.5) is 0 Å². The molecule has 0 heterocycles. The van der Waals surface area contributed by atoms with Gasteiger partial charge in [-0.05, 0) is 19.1 Å². The first-order valence-corrected chi connectivity index (χ1v) is 7.19. The van der Waals surface area contributed by atoms with Crippen molar-refractivity contribution < 1.29 is 9.53 Å². The van der Waals surface area contributed by atoms with Crippen molar-refractivity contribution in [2.45, 2.75) is 6.92 Å². The molecule has 0 aliphatic rings. The Morgan fingerprint density at radius 3 is 2.79 bits per heavy atom. The molecule has 0 N–H and O–H groups in total. The highest BCUT2D eigenvalue weighted by Crippen LogP contribution is 2.45. The molecule has 0 bridgehead atoms. The van der Waals surface area contributed by atoms with E-state index in [4.69, 9.17) is 27.2 Å². The van der Waals surface area contributed by atoms with Crippen LogP contribution in [0.25, 0.3) is 0 Å². The standard InChI is InChI=1S/C9H9Cl2O2P/c1-2-13-9(12)7-4-3-5-8(6-7)14(10)11/h3-6H,2H2,1H3. The number of esters is 1. The van der Waals surface area contributed by atoms with Crippen LogP contribution in [0.15, 0.2) is 24.3 Å². The lowest BCUT2D eigenvalue weighted by atomic mass is 10.2. The van der Waals surface area contributed by atoms with Crippen molar-refractivity contribution in [1.29, 1.82) is 0 Å².